The lowest BCUT2D eigenvalue weighted by atomic mass is 9.80. The topological polar surface area (TPSA) is 55.8 Å². The Morgan fingerprint density at radius 3 is 2.65 bits per heavy atom. The molecule has 1 N–H and O–H groups in total. The largest absolute Gasteiger partial charge is 0.497 e. The van der Waals surface area contributed by atoms with Gasteiger partial charge in [0.15, 0.2) is 5.60 Å². The minimum absolute atomic E-state index is 0.260. The first-order chi connectivity index (χ1) is 9.49. The molecule has 4 nitrogen and oxygen atoms in total. The second-order valence-corrected chi connectivity index (χ2v) is 4.89. The highest BCUT2D eigenvalue weighted by molar-refractivity contribution is 5.80. The molecule has 1 aromatic carbocycles. The molecule has 0 heterocycles. The number of carbonyl (C=O) groups excluding carboxylic acids is 1. The number of hydrogen-bond donors (Lipinski definition) is 1. The van der Waals surface area contributed by atoms with Crippen LogP contribution in [0.2, 0.25) is 0 Å². The van der Waals surface area contributed by atoms with Crippen molar-refractivity contribution in [3.8, 4) is 5.75 Å². The minimum atomic E-state index is -1.50. The van der Waals surface area contributed by atoms with Crippen molar-refractivity contribution in [2.75, 3.05) is 13.7 Å². The van der Waals surface area contributed by atoms with E-state index in [-0.39, 0.29) is 12.5 Å². The average Bonchev–Trinajstić information content (AvgIpc) is 2.46. The monoisotopic (exact) mass is 280 g/mol. The number of ether oxygens (including phenoxy) is 2. The summed E-state index contributed by atoms with van der Waals surface area (Å²) in [5.74, 6) is -0.217. The van der Waals surface area contributed by atoms with Crippen LogP contribution >= 0.6 is 0 Å². The summed E-state index contributed by atoms with van der Waals surface area (Å²) in [7, 11) is 1.59. The molecule has 1 rings (SSSR count). The lowest BCUT2D eigenvalue weighted by Gasteiger charge is -2.32. The van der Waals surface area contributed by atoms with E-state index in [2.05, 4.69) is 0 Å². The van der Waals surface area contributed by atoms with Crippen molar-refractivity contribution in [3.63, 3.8) is 0 Å². The van der Waals surface area contributed by atoms with E-state index >= 15 is 0 Å². The summed E-state index contributed by atoms with van der Waals surface area (Å²) in [6, 6.07) is 7.40. The molecule has 112 valence electrons. The first kappa shape index (κ1) is 16.5. The first-order valence-electron chi connectivity index (χ1n) is 7.03. The number of methoxy groups -OCH3 is 1. The van der Waals surface area contributed by atoms with E-state index in [0.717, 1.165) is 5.56 Å². The highest BCUT2D eigenvalue weighted by atomic mass is 16.5. The third kappa shape index (κ3) is 3.51. The third-order valence-corrected chi connectivity index (χ3v) is 3.57. The van der Waals surface area contributed by atoms with Crippen LogP contribution in [-0.2, 0) is 9.53 Å². The predicted octanol–water partition coefficient (Wildman–Crippen LogP) is 2.89. The maximum atomic E-state index is 12.1. The summed E-state index contributed by atoms with van der Waals surface area (Å²) < 4.78 is 10.2. The molecule has 0 aliphatic carbocycles. The van der Waals surface area contributed by atoms with Crippen LogP contribution in [0, 0.1) is 0 Å². The van der Waals surface area contributed by atoms with Gasteiger partial charge in [0.2, 0.25) is 0 Å². The Bertz CT molecular complexity index is 444. The van der Waals surface area contributed by atoms with E-state index in [0.29, 0.717) is 18.6 Å². The molecule has 0 aliphatic rings. The van der Waals surface area contributed by atoms with Gasteiger partial charge in [-0.2, -0.15) is 0 Å². The zero-order valence-corrected chi connectivity index (χ0v) is 12.7. The fourth-order valence-electron chi connectivity index (χ4n) is 2.32. The number of carbonyl (C=O) groups is 1. The third-order valence-electron chi connectivity index (χ3n) is 3.57. The summed E-state index contributed by atoms with van der Waals surface area (Å²) >= 11 is 0. The van der Waals surface area contributed by atoms with Crippen LogP contribution in [-0.4, -0.2) is 30.4 Å². The van der Waals surface area contributed by atoms with E-state index < -0.39 is 11.6 Å². The Labute approximate surface area is 120 Å². The van der Waals surface area contributed by atoms with Gasteiger partial charge >= 0.3 is 5.97 Å². The van der Waals surface area contributed by atoms with Crippen molar-refractivity contribution in [2.24, 2.45) is 0 Å². The molecule has 4 heteroatoms. The van der Waals surface area contributed by atoms with Gasteiger partial charge in [-0.3, -0.25) is 0 Å². The summed E-state index contributed by atoms with van der Waals surface area (Å²) in [6.45, 7) is 5.76. The number of benzene rings is 1. The molecule has 0 saturated heterocycles. The summed E-state index contributed by atoms with van der Waals surface area (Å²) in [6.07, 6.45) is 1.06. The molecule has 0 bridgehead atoms. The van der Waals surface area contributed by atoms with Crippen molar-refractivity contribution in [1.82, 2.24) is 0 Å². The second-order valence-electron chi connectivity index (χ2n) is 4.89. The fraction of sp³-hybridized carbons (Fsp3) is 0.562. The Kier molecular flexibility index (Phi) is 6.02. The van der Waals surface area contributed by atoms with Gasteiger partial charge in [-0.25, -0.2) is 4.79 Å². The SMILES string of the molecule is CCCC(O)(C(=O)OCC)C(C)c1cccc(OC)c1. The molecule has 0 saturated carbocycles. The number of aliphatic hydroxyl groups is 1. The molecule has 20 heavy (non-hydrogen) atoms. The fourth-order valence-corrected chi connectivity index (χ4v) is 2.32. The normalized spacial score (nSPS) is 15.2. The Morgan fingerprint density at radius 1 is 1.40 bits per heavy atom. The first-order valence-corrected chi connectivity index (χ1v) is 7.03. The van der Waals surface area contributed by atoms with Crippen molar-refractivity contribution in [2.45, 2.75) is 45.1 Å². The maximum Gasteiger partial charge on any atom is 0.338 e. The smallest absolute Gasteiger partial charge is 0.338 e. The van der Waals surface area contributed by atoms with E-state index in [4.69, 9.17) is 9.47 Å². The Morgan fingerprint density at radius 2 is 2.10 bits per heavy atom. The van der Waals surface area contributed by atoms with Gasteiger partial charge in [-0.15, -0.1) is 0 Å². The maximum absolute atomic E-state index is 12.1. The lowest BCUT2D eigenvalue weighted by Crippen LogP contribution is -2.44. The van der Waals surface area contributed by atoms with Gasteiger partial charge in [-0.05, 0) is 31.0 Å². The van der Waals surface area contributed by atoms with Gasteiger partial charge < -0.3 is 14.6 Å². The number of esters is 1. The molecule has 0 amide bonds. The highest BCUT2D eigenvalue weighted by Gasteiger charge is 2.42. The van der Waals surface area contributed by atoms with Crippen LogP contribution in [0.4, 0.5) is 0 Å². The highest BCUT2D eigenvalue weighted by Crippen LogP contribution is 2.34. The summed E-state index contributed by atoms with van der Waals surface area (Å²) in [5.41, 5.74) is -0.648. The Hall–Kier alpha value is -1.55. The average molecular weight is 280 g/mol. The predicted molar refractivity (Wildman–Crippen MR) is 77.9 cm³/mol. The quantitative estimate of drug-likeness (QED) is 0.780. The molecular weight excluding hydrogens is 256 g/mol. The number of rotatable bonds is 7. The molecule has 0 spiro atoms. The van der Waals surface area contributed by atoms with Crippen molar-refractivity contribution in [1.29, 1.82) is 0 Å². The van der Waals surface area contributed by atoms with Gasteiger partial charge in [0, 0.05) is 5.92 Å². The molecule has 0 radical (unpaired) electrons. The summed E-state index contributed by atoms with van der Waals surface area (Å²) in [5, 5.41) is 10.8. The summed E-state index contributed by atoms with van der Waals surface area (Å²) in [4.78, 5) is 12.1. The zero-order chi connectivity index (χ0) is 15.2. The van der Waals surface area contributed by atoms with Crippen LogP contribution in [0.15, 0.2) is 24.3 Å². The molecule has 0 aromatic heterocycles. The van der Waals surface area contributed by atoms with Crippen LogP contribution in [0.3, 0.4) is 0 Å². The van der Waals surface area contributed by atoms with Crippen molar-refractivity contribution in [3.05, 3.63) is 29.8 Å². The van der Waals surface area contributed by atoms with E-state index in [9.17, 15) is 9.90 Å². The molecule has 1 aromatic rings. The second kappa shape index (κ2) is 7.29. The molecule has 2 atom stereocenters. The zero-order valence-electron chi connectivity index (χ0n) is 12.7. The van der Waals surface area contributed by atoms with Gasteiger partial charge in [-0.1, -0.05) is 32.4 Å². The molecule has 2 unspecified atom stereocenters. The lowest BCUT2D eigenvalue weighted by molar-refractivity contribution is -0.168. The number of hydrogen-bond acceptors (Lipinski definition) is 4. The van der Waals surface area contributed by atoms with E-state index in [1.807, 2.05) is 38.1 Å². The van der Waals surface area contributed by atoms with Crippen LogP contribution in [0.25, 0.3) is 0 Å². The van der Waals surface area contributed by atoms with Gasteiger partial charge in [0.1, 0.15) is 5.75 Å². The van der Waals surface area contributed by atoms with Crippen LogP contribution < -0.4 is 4.74 Å². The molecular formula is C16H24O4. The van der Waals surface area contributed by atoms with Crippen LogP contribution in [0.1, 0.15) is 45.1 Å². The Balaban J connectivity index is 3.09. The standard InChI is InChI=1S/C16H24O4/c1-5-10-16(18,15(17)20-6-2)12(3)13-8-7-9-14(11-13)19-4/h7-9,11-12,18H,5-6,10H2,1-4H3. The van der Waals surface area contributed by atoms with E-state index in [1.54, 1.807) is 14.0 Å². The van der Waals surface area contributed by atoms with E-state index in [1.165, 1.54) is 0 Å². The van der Waals surface area contributed by atoms with Crippen molar-refractivity contribution >= 4 is 5.97 Å². The molecule has 0 aliphatic heterocycles. The molecule has 0 fully saturated rings. The van der Waals surface area contributed by atoms with Gasteiger partial charge in [0.25, 0.3) is 0 Å². The van der Waals surface area contributed by atoms with Gasteiger partial charge in [0.05, 0.1) is 13.7 Å². The van der Waals surface area contributed by atoms with Crippen molar-refractivity contribution < 1.29 is 19.4 Å². The minimum Gasteiger partial charge on any atom is -0.497 e. The van der Waals surface area contributed by atoms with Crippen LogP contribution in [0.5, 0.6) is 5.75 Å².